The Kier molecular flexibility index (Phi) is 4.72. The number of anilines is 1. The lowest BCUT2D eigenvalue weighted by atomic mass is 10.2. The lowest BCUT2D eigenvalue weighted by Crippen LogP contribution is -2.42. The molecular weight excluding hydrogens is 300 g/mol. The van der Waals surface area contributed by atoms with Crippen molar-refractivity contribution in [2.24, 2.45) is 0 Å². The number of likely N-dealkylation sites (N-methyl/N-ethyl adjacent to an activating group) is 1. The van der Waals surface area contributed by atoms with Crippen molar-refractivity contribution < 1.29 is 19.4 Å². The Morgan fingerprint density at radius 2 is 2.04 bits per heavy atom. The Morgan fingerprint density at radius 3 is 2.57 bits per heavy atom. The third-order valence-corrected chi connectivity index (χ3v) is 3.57. The fourth-order valence-electron chi connectivity index (χ4n) is 2.34. The van der Waals surface area contributed by atoms with Gasteiger partial charge in [-0.3, -0.25) is 0 Å². The number of aromatic carboxylic acids is 1. The molecule has 1 saturated heterocycles. The molecular formula is C15H22N4O4. The van der Waals surface area contributed by atoms with E-state index in [4.69, 9.17) is 9.84 Å². The molecule has 0 aromatic carbocycles. The quantitative estimate of drug-likeness (QED) is 0.903. The van der Waals surface area contributed by atoms with Gasteiger partial charge in [-0.2, -0.15) is 0 Å². The number of rotatable bonds is 3. The molecule has 1 fully saturated rings. The molecule has 1 atom stereocenters. The summed E-state index contributed by atoms with van der Waals surface area (Å²) >= 11 is 0. The maximum atomic E-state index is 12.1. The van der Waals surface area contributed by atoms with Crippen molar-refractivity contribution in [1.82, 2.24) is 14.9 Å². The van der Waals surface area contributed by atoms with Crippen LogP contribution >= 0.6 is 0 Å². The molecule has 1 aromatic heterocycles. The smallest absolute Gasteiger partial charge is 0.410 e. The van der Waals surface area contributed by atoms with Gasteiger partial charge >= 0.3 is 12.1 Å². The van der Waals surface area contributed by atoms with Gasteiger partial charge in [-0.05, 0) is 27.2 Å². The molecule has 1 aliphatic heterocycles. The Balaban J connectivity index is 1.97. The third kappa shape index (κ3) is 4.30. The summed E-state index contributed by atoms with van der Waals surface area (Å²) in [6.07, 6.45) is 3.12. The summed E-state index contributed by atoms with van der Waals surface area (Å²) in [5, 5.41) is 8.84. The molecule has 8 heteroatoms. The minimum absolute atomic E-state index is 0.0193. The summed E-state index contributed by atoms with van der Waals surface area (Å²) in [6.45, 7) is 6.83. The first-order chi connectivity index (χ1) is 10.7. The number of amides is 1. The van der Waals surface area contributed by atoms with Crippen LogP contribution in [0.3, 0.4) is 0 Å². The van der Waals surface area contributed by atoms with E-state index in [2.05, 4.69) is 9.97 Å². The van der Waals surface area contributed by atoms with Crippen LogP contribution in [0.15, 0.2) is 12.4 Å². The number of carboxylic acids is 1. The van der Waals surface area contributed by atoms with Crippen molar-refractivity contribution in [3.63, 3.8) is 0 Å². The largest absolute Gasteiger partial charge is 0.476 e. The molecule has 2 heterocycles. The molecule has 1 aromatic rings. The molecule has 0 saturated carbocycles. The van der Waals surface area contributed by atoms with Crippen LogP contribution < -0.4 is 4.90 Å². The number of nitrogens with zero attached hydrogens (tertiary/aromatic N) is 4. The van der Waals surface area contributed by atoms with E-state index in [0.717, 1.165) is 13.0 Å². The van der Waals surface area contributed by atoms with Crippen LogP contribution in [0.2, 0.25) is 0 Å². The van der Waals surface area contributed by atoms with Crippen LogP contribution in [0.4, 0.5) is 10.6 Å². The molecule has 8 nitrogen and oxygen atoms in total. The zero-order valence-electron chi connectivity index (χ0n) is 13.8. The van der Waals surface area contributed by atoms with Crippen molar-refractivity contribution in [2.45, 2.75) is 38.8 Å². The predicted octanol–water partition coefficient (Wildman–Crippen LogP) is 1.62. The molecule has 0 unspecified atom stereocenters. The molecule has 1 aliphatic rings. The highest BCUT2D eigenvalue weighted by Crippen LogP contribution is 2.21. The second kappa shape index (κ2) is 6.39. The number of ether oxygens (including phenoxy) is 1. The first-order valence-electron chi connectivity index (χ1n) is 7.43. The predicted molar refractivity (Wildman–Crippen MR) is 83.6 cm³/mol. The molecule has 1 amide bonds. The number of carbonyl (C=O) groups excluding carboxylic acids is 1. The van der Waals surface area contributed by atoms with Gasteiger partial charge in [0.05, 0.1) is 18.4 Å². The van der Waals surface area contributed by atoms with E-state index in [1.807, 2.05) is 25.7 Å². The SMILES string of the molecule is CN(C(=O)OC(C)(C)C)[C@@H]1CCN(c2cnc(C(=O)O)cn2)C1. The van der Waals surface area contributed by atoms with E-state index < -0.39 is 11.6 Å². The summed E-state index contributed by atoms with van der Waals surface area (Å²) in [7, 11) is 1.72. The minimum Gasteiger partial charge on any atom is -0.476 e. The van der Waals surface area contributed by atoms with Crippen molar-refractivity contribution in [3.8, 4) is 0 Å². The van der Waals surface area contributed by atoms with Crippen LogP contribution in [-0.2, 0) is 4.74 Å². The zero-order valence-corrected chi connectivity index (χ0v) is 13.8. The molecule has 126 valence electrons. The number of carbonyl (C=O) groups is 2. The van der Waals surface area contributed by atoms with Gasteiger partial charge < -0.3 is 19.6 Å². The van der Waals surface area contributed by atoms with Gasteiger partial charge in [0.2, 0.25) is 0 Å². The van der Waals surface area contributed by atoms with Crippen molar-refractivity contribution in [1.29, 1.82) is 0 Å². The lowest BCUT2D eigenvalue weighted by Gasteiger charge is -2.28. The Morgan fingerprint density at radius 1 is 1.35 bits per heavy atom. The molecule has 0 spiro atoms. The van der Waals surface area contributed by atoms with E-state index in [1.165, 1.54) is 12.4 Å². The summed E-state index contributed by atoms with van der Waals surface area (Å²) in [4.78, 5) is 34.5. The summed E-state index contributed by atoms with van der Waals surface area (Å²) in [6, 6.07) is 0.0193. The third-order valence-electron chi connectivity index (χ3n) is 3.57. The van der Waals surface area contributed by atoms with Crippen molar-refractivity contribution in [2.75, 3.05) is 25.0 Å². The maximum Gasteiger partial charge on any atom is 0.410 e. The highest BCUT2D eigenvalue weighted by atomic mass is 16.6. The monoisotopic (exact) mass is 322 g/mol. The highest BCUT2D eigenvalue weighted by molar-refractivity contribution is 5.84. The average molecular weight is 322 g/mol. The van der Waals surface area contributed by atoms with Gasteiger partial charge in [-0.25, -0.2) is 19.6 Å². The minimum atomic E-state index is -1.10. The maximum absolute atomic E-state index is 12.1. The summed E-state index contributed by atoms with van der Waals surface area (Å²) in [5.41, 5.74) is -0.614. The Bertz CT molecular complexity index is 582. The van der Waals surface area contributed by atoms with Gasteiger partial charge in [0, 0.05) is 20.1 Å². The fraction of sp³-hybridized carbons (Fsp3) is 0.600. The van der Waals surface area contributed by atoms with Crippen LogP contribution in [0.5, 0.6) is 0 Å². The van der Waals surface area contributed by atoms with Gasteiger partial charge in [-0.15, -0.1) is 0 Å². The highest BCUT2D eigenvalue weighted by Gasteiger charge is 2.31. The van der Waals surface area contributed by atoms with E-state index in [-0.39, 0.29) is 17.8 Å². The van der Waals surface area contributed by atoms with Crippen LogP contribution in [-0.4, -0.2) is 63.8 Å². The topological polar surface area (TPSA) is 95.9 Å². The van der Waals surface area contributed by atoms with Crippen molar-refractivity contribution >= 4 is 17.9 Å². The molecule has 2 rings (SSSR count). The standard InChI is InChI=1S/C15H22N4O4/c1-15(2,3)23-14(22)18(4)10-5-6-19(9-10)12-8-16-11(7-17-12)13(20)21/h7-8,10H,5-6,9H2,1-4H3,(H,20,21)/t10-/m1/s1. The molecule has 0 bridgehead atoms. The van der Waals surface area contributed by atoms with E-state index in [9.17, 15) is 9.59 Å². The fourth-order valence-corrected chi connectivity index (χ4v) is 2.34. The molecule has 0 radical (unpaired) electrons. The summed E-state index contributed by atoms with van der Waals surface area (Å²) in [5.74, 6) is -0.497. The van der Waals surface area contributed by atoms with Gasteiger partial charge in [0.1, 0.15) is 11.4 Å². The van der Waals surface area contributed by atoms with E-state index >= 15 is 0 Å². The number of hydrogen-bond donors (Lipinski definition) is 1. The lowest BCUT2D eigenvalue weighted by molar-refractivity contribution is 0.0237. The number of carboxylic acid groups (broad SMARTS) is 1. The first-order valence-corrected chi connectivity index (χ1v) is 7.43. The second-order valence-electron chi connectivity index (χ2n) is 6.54. The molecule has 1 N–H and O–H groups in total. The number of aromatic nitrogens is 2. The van der Waals surface area contributed by atoms with Crippen LogP contribution in [0.25, 0.3) is 0 Å². The molecule has 0 aliphatic carbocycles. The first kappa shape index (κ1) is 17.0. The Labute approximate surface area is 135 Å². The normalized spacial score (nSPS) is 17.9. The van der Waals surface area contributed by atoms with Crippen molar-refractivity contribution in [3.05, 3.63) is 18.1 Å². The van der Waals surface area contributed by atoms with Gasteiger partial charge in [0.15, 0.2) is 5.69 Å². The summed E-state index contributed by atoms with van der Waals surface area (Å²) < 4.78 is 5.37. The zero-order chi connectivity index (χ0) is 17.2. The second-order valence-corrected chi connectivity index (χ2v) is 6.54. The van der Waals surface area contributed by atoms with Crippen LogP contribution in [0, 0.1) is 0 Å². The van der Waals surface area contributed by atoms with Gasteiger partial charge in [0.25, 0.3) is 0 Å². The van der Waals surface area contributed by atoms with Gasteiger partial charge in [-0.1, -0.05) is 0 Å². The van der Waals surface area contributed by atoms with Crippen LogP contribution in [0.1, 0.15) is 37.7 Å². The average Bonchev–Trinajstić information content (AvgIpc) is 2.94. The Hall–Kier alpha value is -2.38. The molecule has 23 heavy (non-hydrogen) atoms. The number of hydrogen-bond acceptors (Lipinski definition) is 6. The van der Waals surface area contributed by atoms with E-state index in [1.54, 1.807) is 11.9 Å². The van der Waals surface area contributed by atoms with E-state index in [0.29, 0.717) is 12.4 Å².